The number of rotatable bonds is 5. The van der Waals surface area contributed by atoms with Crippen molar-refractivity contribution < 1.29 is 14.3 Å². The molecule has 0 radical (unpaired) electrons. The van der Waals surface area contributed by atoms with Crippen molar-refractivity contribution in [1.82, 2.24) is 15.3 Å². The number of benzene rings is 1. The Kier molecular flexibility index (Phi) is 5.90. The summed E-state index contributed by atoms with van der Waals surface area (Å²) >= 11 is 0. The van der Waals surface area contributed by atoms with Crippen LogP contribution in [0.1, 0.15) is 62.0 Å². The van der Waals surface area contributed by atoms with Gasteiger partial charge < -0.3 is 20.2 Å². The molecule has 8 heteroatoms. The van der Waals surface area contributed by atoms with Crippen LogP contribution in [0.3, 0.4) is 0 Å². The second-order valence-electron chi connectivity index (χ2n) is 11.9. The van der Waals surface area contributed by atoms with Gasteiger partial charge in [-0.15, -0.1) is 0 Å². The molecule has 4 saturated carbocycles. The predicted octanol–water partition coefficient (Wildman–Crippen LogP) is 3.72. The van der Waals surface area contributed by atoms with Crippen LogP contribution < -0.4 is 15.1 Å². The SMILES string of the molecule is CC(C)(O)c1ccc(N2CCN(c3nccc(C(=O)NC4C5CC6CC(C5)CC4C6)n3)CC2)c(F)c1. The van der Waals surface area contributed by atoms with E-state index in [9.17, 15) is 14.3 Å². The molecule has 1 aromatic heterocycles. The van der Waals surface area contributed by atoms with Crippen LogP contribution in [0.2, 0.25) is 0 Å². The number of carbonyl (C=O) groups excluding carboxylic acids is 1. The van der Waals surface area contributed by atoms with Gasteiger partial charge in [-0.2, -0.15) is 0 Å². The number of halogens is 1. The standard InChI is InChI=1S/C28H36FN5O2/c1-28(2,36)21-3-4-24(22(29)16-21)33-7-9-34(10-8-33)27-30-6-5-23(31-27)26(35)32-25-19-12-17-11-18(14-19)15-20(25)13-17/h3-6,16-20,25,36H,7-15H2,1-2H3,(H,32,35). The van der Waals surface area contributed by atoms with Crippen LogP contribution in [-0.4, -0.2) is 53.2 Å². The third-order valence-corrected chi connectivity index (χ3v) is 8.96. The highest BCUT2D eigenvalue weighted by molar-refractivity contribution is 5.92. The molecule has 2 heterocycles. The number of anilines is 2. The predicted molar refractivity (Wildman–Crippen MR) is 136 cm³/mol. The lowest BCUT2D eigenvalue weighted by Gasteiger charge is -2.54. The average molecular weight is 494 g/mol. The molecule has 36 heavy (non-hydrogen) atoms. The van der Waals surface area contributed by atoms with E-state index in [2.05, 4.69) is 20.2 Å². The fourth-order valence-corrected chi connectivity index (χ4v) is 7.30. The Hall–Kier alpha value is -2.74. The molecule has 0 unspecified atom stereocenters. The van der Waals surface area contributed by atoms with E-state index in [1.165, 1.54) is 38.2 Å². The summed E-state index contributed by atoms with van der Waals surface area (Å²) in [7, 11) is 0. The molecule has 2 aromatic rings. The number of aromatic nitrogens is 2. The maximum Gasteiger partial charge on any atom is 0.270 e. The minimum atomic E-state index is -1.08. The molecular formula is C28H36FN5O2. The van der Waals surface area contributed by atoms with Crippen molar-refractivity contribution in [2.24, 2.45) is 23.7 Å². The topological polar surface area (TPSA) is 81.6 Å². The van der Waals surface area contributed by atoms with Crippen molar-refractivity contribution in [2.45, 2.75) is 57.6 Å². The molecule has 5 aliphatic rings. The van der Waals surface area contributed by atoms with E-state index < -0.39 is 5.60 Å². The first kappa shape index (κ1) is 23.6. The molecule has 4 bridgehead atoms. The van der Waals surface area contributed by atoms with Gasteiger partial charge in [0.15, 0.2) is 0 Å². The lowest BCUT2D eigenvalue weighted by atomic mass is 9.54. The number of aliphatic hydroxyl groups is 1. The number of amides is 1. The van der Waals surface area contributed by atoms with Crippen molar-refractivity contribution in [3.63, 3.8) is 0 Å². The lowest BCUT2D eigenvalue weighted by molar-refractivity contribution is -0.0120. The van der Waals surface area contributed by atoms with Gasteiger partial charge in [-0.05, 0) is 93.4 Å². The van der Waals surface area contributed by atoms with Crippen molar-refractivity contribution >= 4 is 17.5 Å². The first-order valence-electron chi connectivity index (χ1n) is 13.4. The molecule has 4 aliphatic carbocycles. The number of hydrogen-bond donors (Lipinski definition) is 2. The van der Waals surface area contributed by atoms with E-state index >= 15 is 0 Å². The summed E-state index contributed by atoms with van der Waals surface area (Å²) in [5.41, 5.74) is 0.430. The number of hydrogen-bond acceptors (Lipinski definition) is 6. The summed E-state index contributed by atoms with van der Waals surface area (Å²) in [5, 5.41) is 13.5. The highest BCUT2D eigenvalue weighted by atomic mass is 19.1. The second-order valence-corrected chi connectivity index (χ2v) is 11.9. The second kappa shape index (κ2) is 8.98. The largest absolute Gasteiger partial charge is 0.386 e. The summed E-state index contributed by atoms with van der Waals surface area (Å²) in [6, 6.07) is 6.91. The Bertz CT molecular complexity index is 1110. The van der Waals surface area contributed by atoms with Crippen LogP contribution in [-0.2, 0) is 5.60 Å². The van der Waals surface area contributed by atoms with Gasteiger partial charge in [0.05, 0.1) is 11.3 Å². The Labute approximate surface area is 212 Å². The third-order valence-electron chi connectivity index (χ3n) is 8.96. The molecule has 2 N–H and O–H groups in total. The van der Waals surface area contributed by atoms with Crippen LogP contribution in [0.25, 0.3) is 0 Å². The molecule has 1 aromatic carbocycles. The maximum absolute atomic E-state index is 14.8. The monoisotopic (exact) mass is 493 g/mol. The Balaban J connectivity index is 1.09. The molecule has 7 rings (SSSR count). The fourth-order valence-electron chi connectivity index (χ4n) is 7.30. The first-order chi connectivity index (χ1) is 17.2. The Morgan fingerprint density at radius 3 is 2.25 bits per heavy atom. The average Bonchev–Trinajstić information content (AvgIpc) is 2.85. The van der Waals surface area contributed by atoms with Crippen LogP contribution in [0.15, 0.2) is 30.5 Å². The van der Waals surface area contributed by atoms with Crippen molar-refractivity contribution in [3.05, 3.63) is 47.5 Å². The quantitative estimate of drug-likeness (QED) is 0.661. The molecule has 1 aliphatic heterocycles. The van der Waals surface area contributed by atoms with Gasteiger partial charge in [0.1, 0.15) is 11.5 Å². The smallest absolute Gasteiger partial charge is 0.270 e. The molecular weight excluding hydrogens is 457 g/mol. The van der Waals surface area contributed by atoms with Gasteiger partial charge in [-0.25, -0.2) is 14.4 Å². The van der Waals surface area contributed by atoms with Gasteiger partial charge >= 0.3 is 0 Å². The zero-order chi connectivity index (χ0) is 25.0. The van der Waals surface area contributed by atoms with E-state index in [4.69, 9.17) is 0 Å². The minimum Gasteiger partial charge on any atom is -0.386 e. The van der Waals surface area contributed by atoms with E-state index in [0.717, 1.165) is 11.8 Å². The van der Waals surface area contributed by atoms with Gasteiger partial charge in [0.25, 0.3) is 5.91 Å². The zero-order valence-electron chi connectivity index (χ0n) is 21.2. The first-order valence-corrected chi connectivity index (χ1v) is 13.4. The van der Waals surface area contributed by atoms with E-state index in [0.29, 0.717) is 60.9 Å². The highest BCUT2D eigenvalue weighted by Crippen LogP contribution is 2.53. The van der Waals surface area contributed by atoms with Gasteiger partial charge in [0.2, 0.25) is 5.95 Å². The van der Waals surface area contributed by atoms with Gasteiger partial charge in [-0.1, -0.05) is 6.07 Å². The number of carbonyl (C=O) groups is 1. The van der Waals surface area contributed by atoms with Crippen LogP contribution in [0.5, 0.6) is 0 Å². The van der Waals surface area contributed by atoms with Crippen LogP contribution in [0.4, 0.5) is 16.0 Å². The minimum absolute atomic E-state index is 0.0938. The van der Waals surface area contributed by atoms with E-state index in [-0.39, 0.29) is 17.8 Å². The molecule has 192 valence electrons. The van der Waals surface area contributed by atoms with Gasteiger partial charge in [-0.3, -0.25) is 4.79 Å². The number of piperazine rings is 1. The van der Waals surface area contributed by atoms with Crippen LogP contribution >= 0.6 is 0 Å². The Morgan fingerprint density at radius 2 is 1.64 bits per heavy atom. The lowest BCUT2D eigenvalue weighted by Crippen LogP contribution is -2.55. The molecule has 1 saturated heterocycles. The molecule has 5 fully saturated rings. The van der Waals surface area contributed by atoms with E-state index in [1.807, 2.05) is 4.90 Å². The normalized spacial score (nSPS) is 29.5. The van der Waals surface area contributed by atoms with Crippen molar-refractivity contribution in [1.29, 1.82) is 0 Å². The molecule has 1 amide bonds. The van der Waals surface area contributed by atoms with E-state index in [1.54, 1.807) is 38.2 Å². The number of nitrogens with zero attached hydrogens (tertiary/aromatic N) is 4. The highest BCUT2D eigenvalue weighted by Gasteiger charge is 2.48. The summed E-state index contributed by atoms with van der Waals surface area (Å²) in [5.74, 6) is 3.11. The van der Waals surface area contributed by atoms with Crippen LogP contribution in [0, 0.1) is 29.5 Å². The summed E-state index contributed by atoms with van der Waals surface area (Å²) in [6.45, 7) is 5.80. The zero-order valence-corrected chi connectivity index (χ0v) is 21.2. The fraction of sp³-hybridized carbons (Fsp3) is 0.607. The van der Waals surface area contributed by atoms with Gasteiger partial charge in [0, 0.05) is 38.4 Å². The molecule has 0 atom stereocenters. The Morgan fingerprint density at radius 1 is 1.00 bits per heavy atom. The van der Waals surface area contributed by atoms with Crippen molar-refractivity contribution in [3.8, 4) is 0 Å². The summed E-state index contributed by atoms with van der Waals surface area (Å²) in [6.07, 6.45) is 8.11. The number of nitrogens with one attached hydrogen (secondary N) is 1. The molecule has 0 spiro atoms. The maximum atomic E-state index is 14.8. The summed E-state index contributed by atoms with van der Waals surface area (Å²) in [4.78, 5) is 26.3. The summed E-state index contributed by atoms with van der Waals surface area (Å²) < 4.78 is 14.8. The third kappa shape index (κ3) is 4.44. The van der Waals surface area contributed by atoms with Crippen molar-refractivity contribution in [2.75, 3.05) is 36.0 Å². The molecule has 7 nitrogen and oxygen atoms in total.